The molecule has 6 nitrogen and oxygen atoms in total. The van der Waals surface area contributed by atoms with Crippen molar-refractivity contribution >= 4 is 5.91 Å². The summed E-state index contributed by atoms with van der Waals surface area (Å²) in [5.41, 5.74) is 1.30. The third-order valence-electron chi connectivity index (χ3n) is 3.11. The van der Waals surface area contributed by atoms with Crippen LogP contribution in [-0.4, -0.2) is 35.3 Å². The Morgan fingerprint density at radius 3 is 2.74 bits per heavy atom. The number of carbonyl (C=O) groups excluding carboxylic acids is 1. The van der Waals surface area contributed by atoms with Gasteiger partial charge in [0.25, 0.3) is 5.91 Å². The van der Waals surface area contributed by atoms with Crippen LogP contribution < -0.4 is 5.32 Å². The zero-order valence-electron chi connectivity index (χ0n) is 14.0. The molecule has 2 aromatic rings. The molecule has 1 atom stereocenters. The number of nitrogens with zero attached hydrogens (tertiary/aromatic N) is 2. The molecule has 1 heterocycles. The molecule has 1 aromatic carbocycles. The summed E-state index contributed by atoms with van der Waals surface area (Å²) < 4.78 is 10.5. The van der Waals surface area contributed by atoms with Crippen LogP contribution in [0.5, 0.6) is 0 Å². The SMILES string of the molecule is Cc1nc(-c2cccc(C(=O)NC(C)COCC(C)C)c2)no1. The third-order valence-corrected chi connectivity index (χ3v) is 3.11. The molecule has 1 aromatic heterocycles. The normalized spacial score (nSPS) is 12.4. The molecule has 6 heteroatoms. The van der Waals surface area contributed by atoms with Gasteiger partial charge in [0.15, 0.2) is 0 Å². The average Bonchev–Trinajstić information content (AvgIpc) is 2.93. The highest BCUT2D eigenvalue weighted by atomic mass is 16.5. The van der Waals surface area contributed by atoms with Gasteiger partial charge in [0.05, 0.1) is 6.61 Å². The lowest BCUT2D eigenvalue weighted by Crippen LogP contribution is -2.36. The molecule has 0 spiro atoms. The summed E-state index contributed by atoms with van der Waals surface area (Å²) in [5, 5.41) is 6.79. The van der Waals surface area contributed by atoms with Crippen LogP contribution in [0.3, 0.4) is 0 Å². The van der Waals surface area contributed by atoms with Gasteiger partial charge in [0, 0.05) is 30.7 Å². The summed E-state index contributed by atoms with van der Waals surface area (Å²) >= 11 is 0. The largest absolute Gasteiger partial charge is 0.379 e. The van der Waals surface area contributed by atoms with Crippen LogP contribution in [0.2, 0.25) is 0 Å². The van der Waals surface area contributed by atoms with Gasteiger partial charge in [-0.1, -0.05) is 31.1 Å². The minimum absolute atomic E-state index is 0.0580. The smallest absolute Gasteiger partial charge is 0.251 e. The van der Waals surface area contributed by atoms with Gasteiger partial charge in [-0.15, -0.1) is 0 Å². The molecule has 124 valence electrons. The Morgan fingerprint density at radius 1 is 1.30 bits per heavy atom. The number of hydrogen-bond acceptors (Lipinski definition) is 5. The minimum Gasteiger partial charge on any atom is -0.379 e. The number of nitrogens with one attached hydrogen (secondary N) is 1. The molecule has 2 rings (SSSR count). The Morgan fingerprint density at radius 2 is 2.09 bits per heavy atom. The molecule has 0 aliphatic rings. The van der Waals surface area contributed by atoms with Crippen LogP contribution in [-0.2, 0) is 4.74 Å². The van der Waals surface area contributed by atoms with Crippen molar-refractivity contribution < 1.29 is 14.1 Å². The van der Waals surface area contributed by atoms with Crippen LogP contribution in [0.25, 0.3) is 11.4 Å². The number of carbonyl (C=O) groups is 1. The summed E-state index contributed by atoms with van der Waals surface area (Å²) in [6, 6.07) is 7.10. The lowest BCUT2D eigenvalue weighted by molar-refractivity contribution is 0.0792. The number of rotatable bonds is 7. The Hall–Kier alpha value is -2.21. The van der Waals surface area contributed by atoms with Crippen LogP contribution in [0.15, 0.2) is 28.8 Å². The van der Waals surface area contributed by atoms with Crippen LogP contribution in [0.4, 0.5) is 0 Å². The summed E-state index contributed by atoms with van der Waals surface area (Å²) in [7, 11) is 0. The summed E-state index contributed by atoms with van der Waals surface area (Å²) in [5.74, 6) is 1.30. The van der Waals surface area contributed by atoms with E-state index in [0.717, 1.165) is 5.56 Å². The van der Waals surface area contributed by atoms with Crippen molar-refractivity contribution in [3.8, 4) is 11.4 Å². The van der Waals surface area contributed by atoms with Crippen molar-refractivity contribution in [2.24, 2.45) is 5.92 Å². The first kappa shape index (κ1) is 17.1. The molecule has 0 saturated heterocycles. The maximum absolute atomic E-state index is 12.3. The molecule has 0 radical (unpaired) electrons. The molecule has 0 saturated carbocycles. The van der Waals surface area contributed by atoms with E-state index < -0.39 is 0 Å². The molecule has 23 heavy (non-hydrogen) atoms. The van der Waals surface area contributed by atoms with E-state index in [1.165, 1.54) is 0 Å². The average molecular weight is 317 g/mol. The number of aromatic nitrogens is 2. The van der Waals surface area contributed by atoms with E-state index in [-0.39, 0.29) is 11.9 Å². The summed E-state index contributed by atoms with van der Waals surface area (Å²) in [6.07, 6.45) is 0. The van der Waals surface area contributed by atoms with E-state index in [0.29, 0.717) is 36.4 Å². The van der Waals surface area contributed by atoms with Crippen molar-refractivity contribution in [1.29, 1.82) is 0 Å². The number of hydrogen-bond donors (Lipinski definition) is 1. The van der Waals surface area contributed by atoms with E-state index in [2.05, 4.69) is 29.3 Å². The maximum atomic E-state index is 12.3. The second-order valence-corrected chi connectivity index (χ2v) is 6.02. The van der Waals surface area contributed by atoms with E-state index in [1.54, 1.807) is 25.1 Å². The van der Waals surface area contributed by atoms with Gasteiger partial charge in [0.2, 0.25) is 11.7 Å². The molecule has 0 aliphatic carbocycles. The van der Waals surface area contributed by atoms with Gasteiger partial charge in [-0.25, -0.2) is 0 Å². The number of ether oxygens (including phenoxy) is 1. The van der Waals surface area contributed by atoms with Crippen LogP contribution >= 0.6 is 0 Å². The lowest BCUT2D eigenvalue weighted by atomic mass is 10.1. The molecule has 1 N–H and O–H groups in total. The van der Waals surface area contributed by atoms with Crippen LogP contribution in [0.1, 0.15) is 37.0 Å². The minimum atomic E-state index is -0.146. The quantitative estimate of drug-likeness (QED) is 0.849. The van der Waals surface area contributed by atoms with Gasteiger partial charge in [-0.05, 0) is 25.0 Å². The molecule has 0 fully saturated rings. The maximum Gasteiger partial charge on any atom is 0.251 e. The lowest BCUT2D eigenvalue weighted by Gasteiger charge is -2.15. The Kier molecular flexibility index (Phi) is 5.87. The Balaban J connectivity index is 1.97. The van der Waals surface area contributed by atoms with Crippen molar-refractivity contribution in [3.63, 3.8) is 0 Å². The van der Waals surface area contributed by atoms with E-state index >= 15 is 0 Å². The molecule has 1 amide bonds. The molecule has 1 unspecified atom stereocenters. The van der Waals surface area contributed by atoms with Gasteiger partial charge < -0.3 is 14.6 Å². The van der Waals surface area contributed by atoms with Gasteiger partial charge in [0.1, 0.15) is 0 Å². The molecule has 0 bridgehead atoms. The fourth-order valence-electron chi connectivity index (χ4n) is 2.05. The first-order valence-electron chi connectivity index (χ1n) is 7.75. The zero-order chi connectivity index (χ0) is 16.8. The molecular formula is C17H23N3O3. The highest BCUT2D eigenvalue weighted by Crippen LogP contribution is 2.17. The van der Waals surface area contributed by atoms with E-state index in [1.807, 2.05) is 13.0 Å². The predicted molar refractivity (Wildman–Crippen MR) is 87.1 cm³/mol. The number of aryl methyl sites for hydroxylation is 1. The van der Waals surface area contributed by atoms with Gasteiger partial charge in [-0.2, -0.15) is 4.98 Å². The third kappa shape index (κ3) is 5.17. The fourth-order valence-corrected chi connectivity index (χ4v) is 2.05. The zero-order valence-corrected chi connectivity index (χ0v) is 14.0. The second kappa shape index (κ2) is 7.87. The highest BCUT2D eigenvalue weighted by molar-refractivity contribution is 5.95. The second-order valence-electron chi connectivity index (χ2n) is 6.02. The van der Waals surface area contributed by atoms with Crippen molar-refractivity contribution in [3.05, 3.63) is 35.7 Å². The first-order valence-corrected chi connectivity index (χ1v) is 7.75. The predicted octanol–water partition coefficient (Wildman–Crippen LogP) is 2.84. The number of amides is 1. The Labute approximate surface area is 136 Å². The summed E-state index contributed by atoms with van der Waals surface area (Å²) in [4.78, 5) is 16.5. The Bertz CT molecular complexity index is 652. The van der Waals surface area contributed by atoms with Crippen molar-refractivity contribution in [2.45, 2.75) is 33.7 Å². The number of benzene rings is 1. The van der Waals surface area contributed by atoms with Crippen LogP contribution in [0, 0.1) is 12.8 Å². The van der Waals surface area contributed by atoms with E-state index in [4.69, 9.17) is 9.26 Å². The molecule has 0 aliphatic heterocycles. The van der Waals surface area contributed by atoms with Crippen molar-refractivity contribution in [1.82, 2.24) is 15.5 Å². The highest BCUT2D eigenvalue weighted by Gasteiger charge is 2.13. The standard InChI is InChI=1S/C17H23N3O3/c1-11(2)9-22-10-12(3)18-17(21)15-7-5-6-14(8-15)16-19-13(4)23-20-16/h5-8,11-12H,9-10H2,1-4H3,(H,18,21). The summed E-state index contributed by atoms with van der Waals surface area (Å²) in [6.45, 7) is 9.01. The molecular weight excluding hydrogens is 294 g/mol. The van der Waals surface area contributed by atoms with Crippen molar-refractivity contribution in [2.75, 3.05) is 13.2 Å². The first-order chi connectivity index (χ1) is 11.0. The monoisotopic (exact) mass is 317 g/mol. The fraction of sp³-hybridized carbons (Fsp3) is 0.471. The van der Waals surface area contributed by atoms with Gasteiger partial charge >= 0.3 is 0 Å². The van der Waals surface area contributed by atoms with Gasteiger partial charge in [-0.3, -0.25) is 4.79 Å². The topological polar surface area (TPSA) is 77.2 Å². The van der Waals surface area contributed by atoms with E-state index in [9.17, 15) is 4.79 Å².